The Morgan fingerprint density at radius 2 is 1.97 bits per heavy atom. The molecule has 1 aromatic carbocycles. The van der Waals surface area contributed by atoms with Crippen LogP contribution in [0.5, 0.6) is 0 Å². The van der Waals surface area contributed by atoms with Crippen LogP contribution >= 0.6 is 0 Å². The van der Waals surface area contributed by atoms with Gasteiger partial charge in [0.15, 0.2) is 11.8 Å². The summed E-state index contributed by atoms with van der Waals surface area (Å²) < 4.78 is 17.0. The van der Waals surface area contributed by atoms with Gasteiger partial charge in [-0.3, -0.25) is 5.32 Å². The Bertz CT molecular complexity index is 1090. The molecule has 4 rings (SSSR count). The van der Waals surface area contributed by atoms with Gasteiger partial charge in [0.2, 0.25) is 0 Å². The van der Waals surface area contributed by atoms with Gasteiger partial charge in [-0.25, -0.2) is 19.2 Å². The van der Waals surface area contributed by atoms with E-state index in [0.29, 0.717) is 24.3 Å². The third-order valence-corrected chi connectivity index (χ3v) is 5.08. The lowest BCUT2D eigenvalue weighted by Crippen LogP contribution is -2.46. The van der Waals surface area contributed by atoms with Gasteiger partial charge in [0.25, 0.3) is 0 Å². The molecular formula is C20H22FN7O2. The van der Waals surface area contributed by atoms with Gasteiger partial charge in [0.05, 0.1) is 12.2 Å². The van der Waals surface area contributed by atoms with E-state index in [1.54, 1.807) is 24.4 Å². The molecule has 1 fully saturated rings. The number of halogens is 1. The molecule has 156 valence electrons. The zero-order chi connectivity index (χ0) is 21.1. The number of aliphatic imine (C=N–C) groups is 1. The van der Waals surface area contributed by atoms with Crippen LogP contribution in [0, 0.1) is 5.82 Å². The van der Waals surface area contributed by atoms with E-state index in [4.69, 9.17) is 10.8 Å². The summed E-state index contributed by atoms with van der Waals surface area (Å²) >= 11 is 0. The van der Waals surface area contributed by atoms with Crippen LogP contribution in [0.4, 0.5) is 20.6 Å². The number of nitrogens with zero attached hydrogens (tertiary/aromatic N) is 5. The van der Waals surface area contributed by atoms with Gasteiger partial charge in [-0.1, -0.05) is 12.1 Å². The number of guanidine groups is 1. The minimum absolute atomic E-state index is 0.0456. The van der Waals surface area contributed by atoms with Crippen molar-refractivity contribution in [3.63, 3.8) is 0 Å². The van der Waals surface area contributed by atoms with Crippen molar-refractivity contribution in [3.05, 3.63) is 60.3 Å². The van der Waals surface area contributed by atoms with Crippen molar-refractivity contribution >= 4 is 29.1 Å². The number of carboxylic acid groups (broad SMARTS) is 1. The van der Waals surface area contributed by atoms with Crippen LogP contribution in [0.2, 0.25) is 0 Å². The van der Waals surface area contributed by atoms with E-state index in [9.17, 15) is 4.79 Å². The Morgan fingerprint density at radius 1 is 1.20 bits per heavy atom. The summed E-state index contributed by atoms with van der Waals surface area (Å²) in [6, 6.07) is 9.23. The fourth-order valence-corrected chi connectivity index (χ4v) is 3.55. The second kappa shape index (κ2) is 8.27. The smallest absolute Gasteiger partial charge is 0.411 e. The van der Waals surface area contributed by atoms with Crippen molar-refractivity contribution in [1.29, 1.82) is 0 Å². The summed E-state index contributed by atoms with van der Waals surface area (Å²) in [7, 11) is 0. The summed E-state index contributed by atoms with van der Waals surface area (Å²) in [4.78, 5) is 23.0. The number of pyridine rings is 1. The lowest BCUT2D eigenvalue weighted by atomic mass is 10.1. The molecule has 10 heteroatoms. The van der Waals surface area contributed by atoms with E-state index < -0.39 is 6.09 Å². The van der Waals surface area contributed by atoms with Crippen LogP contribution in [-0.2, 0) is 6.54 Å². The molecule has 1 amide bonds. The number of fused-ring (bicyclic) bond motifs is 1. The molecule has 1 aliphatic heterocycles. The van der Waals surface area contributed by atoms with Gasteiger partial charge in [0, 0.05) is 62.1 Å². The molecule has 0 unspecified atom stereocenters. The van der Waals surface area contributed by atoms with Gasteiger partial charge in [0.1, 0.15) is 5.65 Å². The average molecular weight is 411 g/mol. The predicted molar refractivity (Wildman–Crippen MR) is 113 cm³/mol. The van der Waals surface area contributed by atoms with Crippen LogP contribution in [0.1, 0.15) is 5.56 Å². The molecule has 30 heavy (non-hydrogen) atoms. The monoisotopic (exact) mass is 411 g/mol. The number of aromatic nitrogens is 2. The zero-order valence-corrected chi connectivity index (χ0v) is 16.2. The van der Waals surface area contributed by atoms with Crippen molar-refractivity contribution < 1.29 is 14.3 Å². The van der Waals surface area contributed by atoms with Crippen molar-refractivity contribution in [3.8, 4) is 0 Å². The largest absolute Gasteiger partial charge is 0.465 e. The number of benzene rings is 1. The number of piperazine rings is 1. The quantitative estimate of drug-likeness (QED) is 0.447. The second-order valence-corrected chi connectivity index (χ2v) is 6.93. The highest BCUT2D eigenvalue weighted by molar-refractivity contribution is 5.91. The molecular weight excluding hydrogens is 389 g/mol. The lowest BCUT2D eigenvalue weighted by molar-refractivity contribution is 0.200. The van der Waals surface area contributed by atoms with Crippen LogP contribution in [0.15, 0.2) is 53.9 Å². The molecule has 1 saturated heterocycles. The first kappa shape index (κ1) is 19.5. The van der Waals surface area contributed by atoms with Crippen LogP contribution in [0.25, 0.3) is 5.65 Å². The number of nitrogens with one attached hydrogen (secondary N) is 1. The number of imidazole rings is 1. The SMILES string of the molecule is NC(=NCc1cccc(N2CCN(c3ccn4ccnc4c3)CC2)c1F)NC(=O)O. The van der Waals surface area contributed by atoms with Crippen LogP contribution in [0.3, 0.4) is 0 Å². The summed E-state index contributed by atoms with van der Waals surface area (Å²) in [5.41, 5.74) is 8.32. The summed E-state index contributed by atoms with van der Waals surface area (Å²) in [5.74, 6) is -0.632. The third kappa shape index (κ3) is 4.12. The van der Waals surface area contributed by atoms with Crippen molar-refractivity contribution in [2.75, 3.05) is 36.0 Å². The topological polar surface area (TPSA) is 111 Å². The maximum Gasteiger partial charge on any atom is 0.411 e. The standard InChI is InChI=1S/C20H22FN7O2/c21-18-14(13-24-19(22)25-20(29)30)2-1-3-16(18)27-10-8-26(9-11-27)15-4-6-28-7-5-23-17(28)12-15/h1-7,12H,8-11,13H2,(H,29,30)(H3,22,24,25). The minimum atomic E-state index is -1.31. The van der Waals surface area contributed by atoms with E-state index in [2.05, 4.69) is 20.9 Å². The van der Waals surface area contributed by atoms with Crippen molar-refractivity contribution in [1.82, 2.24) is 14.7 Å². The van der Waals surface area contributed by atoms with Gasteiger partial charge >= 0.3 is 6.09 Å². The van der Waals surface area contributed by atoms with E-state index in [-0.39, 0.29) is 18.3 Å². The Balaban J connectivity index is 1.43. The molecule has 4 N–H and O–H groups in total. The van der Waals surface area contributed by atoms with E-state index in [0.717, 1.165) is 24.4 Å². The number of carbonyl (C=O) groups is 1. The number of amides is 1. The Labute approximate surface area is 172 Å². The van der Waals surface area contributed by atoms with Crippen LogP contribution < -0.4 is 20.9 Å². The second-order valence-electron chi connectivity index (χ2n) is 6.93. The molecule has 1 aliphatic rings. The van der Waals surface area contributed by atoms with E-state index in [1.165, 1.54) is 0 Å². The molecule has 0 bridgehead atoms. The predicted octanol–water partition coefficient (Wildman–Crippen LogP) is 1.88. The normalized spacial score (nSPS) is 14.9. The molecule has 0 aliphatic carbocycles. The minimum Gasteiger partial charge on any atom is -0.465 e. The number of hydrogen-bond donors (Lipinski definition) is 3. The van der Waals surface area contributed by atoms with Gasteiger partial charge in [-0.2, -0.15) is 0 Å². The van der Waals surface area contributed by atoms with E-state index in [1.807, 2.05) is 33.1 Å². The number of rotatable bonds is 4. The van der Waals surface area contributed by atoms with Gasteiger partial charge < -0.3 is 25.0 Å². The molecule has 2 aromatic heterocycles. The summed E-state index contributed by atoms with van der Waals surface area (Å²) in [6.07, 6.45) is 4.35. The van der Waals surface area contributed by atoms with Crippen LogP contribution in [-0.4, -0.2) is 52.7 Å². The van der Waals surface area contributed by atoms with Crippen molar-refractivity contribution in [2.45, 2.75) is 6.54 Å². The first-order chi connectivity index (χ1) is 14.5. The fraction of sp³-hybridized carbons (Fsp3) is 0.250. The maximum absolute atomic E-state index is 15.0. The first-order valence-electron chi connectivity index (χ1n) is 9.51. The highest BCUT2D eigenvalue weighted by Gasteiger charge is 2.21. The third-order valence-electron chi connectivity index (χ3n) is 5.08. The fourth-order valence-electron chi connectivity index (χ4n) is 3.55. The molecule has 3 heterocycles. The molecule has 3 aromatic rings. The Morgan fingerprint density at radius 3 is 2.73 bits per heavy atom. The molecule has 0 radical (unpaired) electrons. The molecule has 0 spiro atoms. The van der Waals surface area contributed by atoms with Gasteiger partial charge in [-0.05, 0) is 12.1 Å². The summed E-state index contributed by atoms with van der Waals surface area (Å²) in [5, 5.41) is 10.6. The number of anilines is 2. The number of hydrogen-bond acceptors (Lipinski definition) is 5. The average Bonchev–Trinajstić information content (AvgIpc) is 3.20. The number of nitrogens with two attached hydrogens (primary N) is 1. The highest BCUT2D eigenvalue weighted by Crippen LogP contribution is 2.26. The van der Waals surface area contributed by atoms with E-state index >= 15 is 4.39 Å². The Hall–Kier alpha value is -3.82. The molecule has 9 nitrogen and oxygen atoms in total. The highest BCUT2D eigenvalue weighted by atomic mass is 19.1. The van der Waals surface area contributed by atoms with Crippen molar-refractivity contribution in [2.24, 2.45) is 10.7 Å². The molecule has 0 saturated carbocycles. The van der Waals surface area contributed by atoms with Gasteiger partial charge in [-0.15, -0.1) is 0 Å². The first-order valence-corrected chi connectivity index (χ1v) is 9.51. The zero-order valence-electron chi connectivity index (χ0n) is 16.2. The maximum atomic E-state index is 15.0. The Kier molecular flexibility index (Phi) is 5.38. The lowest BCUT2D eigenvalue weighted by Gasteiger charge is -2.37. The molecule has 0 atom stereocenters. The summed E-state index contributed by atoms with van der Waals surface area (Å²) in [6.45, 7) is 2.82.